The maximum Gasteiger partial charge on any atom is 0.246 e. The average molecular weight is 368 g/mol. The molecule has 0 atom stereocenters. The Bertz CT molecular complexity index is 806. The Kier molecular flexibility index (Phi) is 7.74. The van der Waals surface area contributed by atoms with Crippen LogP contribution in [0.2, 0.25) is 0 Å². The van der Waals surface area contributed by atoms with E-state index in [4.69, 9.17) is 14.7 Å². The SMILES string of the molecule is C=CC(=O)N(CCOCCOC)Cc1cn(C)nc1-c1ccc(C#N)cc1. The van der Waals surface area contributed by atoms with Crippen LogP contribution in [0.4, 0.5) is 0 Å². The number of hydrogen-bond acceptors (Lipinski definition) is 5. The number of benzene rings is 1. The minimum atomic E-state index is -0.167. The van der Waals surface area contributed by atoms with E-state index in [9.17, 15) is 4.79 Å². The highest BCUT2D eigenvalue weighted by Crippen LogP contribution is 2.23. The first kappa shape index (κ1) is 20.4. The number of carbonyl (C=O) groups is 1. The van der Waals surface area contributed by atoms with Gasteiger partial charge in [-0.25, -0.2) is 0 Å². The molecule has 0 aliphatic rings. The number of nitrogens with zero attached hydrogens (tertiary/aromatic N) is 4. The molecular weight excluding hydrogens is 344 g/mol. The largest absolute Gasteiger partial charge is 0.382 e. The summed E-state index contributed by atoms with van der Waals surface area (Å²) in [4.78, 5) is 13.9. The molecule has 0 spiro atoms. The molecule has 0 fully saturated rings. The fraction of sp³-hybridized carbons (Fsp3) is 0.350. The zero-order valence-corrected chi connectivity index (χ0v) is 15.7. The van der Waals surface area contributed by atoms with E-state index in [-0.39, 0.29) is 5.91 Å². The first-order valence-electron chi connectivity index (χ1n) is 8.60. The smallest absolute Gasteiger partial charge is 0.246 e. The number of methoxy groups -OCH3 is 1. The standard InChI is InChI=1S/C20H24N4O3/c1-4-19(25)24(9-10-27-12-11-26-3)15-18-14-23(2)22-20(18)17-7-5-16(13-21)6-8-17/h4-8,14H,1,9-12,15H2,2-3H3. The molecule has 27 heavy (non-hydrogen) atoms. The van der Waals surface area contributed by atoms with Crippen molar-refractivity contribution < 1.29 is 14.3 Å². The minimum Gasteiger partial charge on any atom is -0.382 e. The number of nitriles is 1. The Morgan fingerprint density at radius 1 is 1.33 bits per heavy atom. The second kappa shape index (κ2) is 10.3. The Labute approximate surface area is 159 Å². The van der Waals surface area contributed by atoms with Crippen LogP contribution in [0.15, 0.2) is 43.1 Å². The minimum absolute atomic E-state index is 0.167. The van der Waals surface area contributed by atoms with E-state index in [0.29, 0.717) is 38.5 Å². The molecule has 0 aliphatic carbocycles. The van der Waals surface area contributed by atoms with Crippen molar-refractivity contribution in [2.24, 2.45) is 7.05 Å². The molecule has 142 valence electrons. The molecule has 7 heteroatoms. The maximum absolute atomic E-state index is 12.2. The normalized spacial score (nSPS) is 10.4. The number of ether oxygens (including phenoxy) is 2. The van der Waals surface area contributed by atoms with Gasteiger partial charge in [-0.2, -0.15) is 10.4 Å². The molecule has 0 bridgehead atoms. The van der Waals surface area contributed by atoms with Gasteiger partial charge in [-0.05, 0) is 18.2 Å². The lowest BCUT2D eigenvalue weighted by atomic mass is 10.1. The molecular formula is C20H24N4O3. The van der Waals surface area contributed by atoms with Gasteiger partial charge in [0.15, 0.2) is 0 Å². The van der Waals surface area contributed by atoms with Crippen LogP contribution in [0.25, 0.3) is 11.3 Å². The van der Waals surface area contributed by atoms with Crippen LogP contribution in [-0.4, -0.2) is 54.1 Å². The third-order valence-electron chi connectivity index (χ3n) is 3.98. The highest BCUT2D eigenvalue weighted by molar-refractivity contribution is 5.87. The van der Waals surface area contributed by atoms with Crippen molar-refractivity contribution >= 4 is 5.91 Å². The fourth-order valence-corrected chi connectivity index (χ4v) is 2.62. The average Bonchev–Trinajstić information content (AvgIpc) is 3.06. The quantitative estimate of drug-likeness (QED) is 0.474. The third kappa shape index (κ3) is 5.78. The van der Waals surface area contributed by atoms with E-state index in [1.165, 1.54) is 6.08 Å². The van der Waals surface area contributed by atoms with Crippen LogP contribution < -0.4 is 0 Å². The third-order valence-corrected chi connectivity index (χ3v) is 3.98. The Hall–Kier alpha value is -2.95. The van der Waals surface area contributed by atoms with Gasteiger partial charge in [-0.1, -0.05) is 18.7 Å². The number of hydrogen-bond donors (Lipinski definition) is 0. The van der Waals surface area contributed by atoms with E-state index < -0.39 is 0 Å². The second-order valence-corrected chi connectivity index (χ2v) is 5.93. The molecule has 0 unspecified atom stereocenters. The summed E-state index contributed by atoms with van der Waals surface area (Å²) in [6.07, 6.45) is 3.19. The van der Waals surface area contributed by atoms with Gasteiger partial charge in [0.1, 0.15) is 0 Å². The van der Waals surface area contributed by atoms with E-state index in [1.54, 1.807) is 28.8 Å². The summed E-state index contributed by atoms with van der Waals surface area (Å²) in [5, 5.41) is 13.5. The summed E-state index contributed by atoms with van der Waals surface area (Å²) < 4.78 is 12.1. The van der Waals surface area contributed by atoms with Gasteiger partial charge in [0.05, 0.1) is 37.1 Å². The molecule has 0 aliphatic heterocycles. The molecule has 1 aromatic carbocycles. The lowest BCUT2D eigenvalue weighted by Crippen LogP contribution is -2.32. The zero-order chi connectivity index (χ0) is 19.6. The van der Waals surface area contributed by atoms with Crippen molar-refractivity contribution in [2.75, 3.05) is 33.5 Å². The number of amides is 1. The molecule has 7 nitrogen and oxygen atoms in total. The van der Waals surface area contributed by atoms with Gasteiger partial charge in [0.2, 0.25) is 5.91 Å². The summed E-state index contributed by atoms with van der Waals surface area (Å²) in [5.41, 5.74) is 3.18. The van der Waals surface area contributed by atoms with E-state index in [1.807, 2.05) is 25.4 Å². The van der Waals surface area contributed by atoms with Crippen molar-refractivity contribution in [1.82, 2.24) is 14.7 Å². The van der Waals surface area contributed by atoms with Crippen LogP contribution in [-0.2, 0) is 27.9 Å². The van der Waals surface area contributed by atoms with Crippen LogP contribution in [0.3, 0.4) is 0 Å². The molecule has 2 aromatic rings. The number of aromatic nitrogens is 2. The molecule has 1 heterocycles. The van der Waals surface area contributed by atoms with Crippen LogP contribution >= 0.6 is 0 Å². The van der Waals surface area contributed by atoms with Crippen molar-refractivity contribution in [3.05, 3.63) is 54.2 Å². The summed E-state index contributed by atoms with van der Waals surface area (Å²) in [5.74, 6) is -0.167. The lowest BCUT2D eigenvalue weighted by Gasteiger charge is -2.21. The van der Waals surface area contributed by atoms with Crippen molar-refractivity contribution in [1.29, 1.82) is 5.26 Å². The molecule has 0 saturated heterocycles. The first-order chi connectivity index (χ1) is 13.1. The van der Waals surface area contributed by atoms with Gasteiger partial charge in [0, 0.05) is 44.6 Å². The van der Waals surface area contributed by atoms with E-state index in [2.05, 4.69) is 17.7 Å². The van der Waals surface area contributed by atoms with Gasteiger partial charge < -0.3 is 14.4 Å². The van der Waals surface area contributed by atoms with Crippen molar-refractivity contribution in [3.63, 3.8) is 0 Å². The fourth-order valence-electron chi connectivity index (χ4n) is 2.62. The van der Waals surface area contributed by atoms with Gasteiger partial charge >= 0.3 is 0 Å². The van der Waals surface area contributed by atoms with Gasteiger partial charge in [-0.15, -0.1) is 0 Å². The number of carbonyl (C=O) groups excluding carboxylic acids is 1. The molecule has 2 rings (SSSR count). The molecule has 0 radical (unpaired) electrons. The summed E-state index contributed by atoms with van der Waals surface area (Å²) in [7, 11) is 3.45. The topological polar surface area (TPSA) is 80.4 Å². The predicted octanol–water partition coefficient (Wildman–Crippen LogP) is 2.14. The van der Waals surface area contributed by atoms with Gasteiger partial charge in [-0.3, -0.25) is 9.48 Å². The number of rotatable bonds is 10. The lowest BCUT2D eigenvalue weighted by molar-refractivity contribution is -0.127. The predicted molar refractivity (Wildman–Crippen MR) is 102 cm³/mol. The highest BCUT2D eigenvalue weighted by atomic mass is 16.5. The zero-order valence-electron chi connectivity index (χ0n) is 15.7. The monoisotopic (exact) mass is 368 g/mol. The highest BCUT2D eigenvalue weighted by Gasteiger charge is 2.17. The first-order valence-corrected chi connectivity index (χ1v) is 8.60. The Morgan fingerprint density at radius 2 is 2.07 bits per heavy atom. The Morgan fingerprint density at radius 3 is 2.70 bits per heavy atom. The maximum atomic E-state index is 12.2. The van der Waals surface area contributed by atoms with Gasteiger partial charge in [0.25, 0.3) is 0 Å². The molecule has 1 aromatic heterocycles. The summed E-state index contributed by atoms with van der Waals surface area (Å²) in [6.45, 7) is 5.82. The summed E-state index contributed by atoms with van der Waals surface area (Å²) in [6, 6.07) is 9.33. The van der Waals surface area contributed by atoms with E-state index >= 15 is 0 Å². The van der Waals surface area contributed by atoms with Crippen LogP contribution in [0.5, 0.6) is 0 Å². The second-order valence-electron chi connectivity index (χ2n) is 5.93. The number of aryl methyl sites for hydroxylation is 1. The van der Waals surface area contributed by atoms with E-state index in [0.717, 1.165) is 16.8 Å². The van der Waals surface area contributed by atoms with Crippen molar-refractivity contribution in [3.8, 4) is 17.3 Å². The molecule has 0 N–H and O–H groups in total. The molecule has 1 amide bonds. The van der Waals surface area contributed by atoms with Crippen molar-refractivity contribution in [2.45, 2.75) is 6.54 Å². The molecule has 0 saturated carbocycles. The summed E-state index contributed by atoms with van der Waals surface area (Å²) >= 11 is 0. The van der Waals surface area contributed by atoms with Crippen LogP contribution in [0, 0.1) is 11.3 Å². The Balaban J connectivity index is 2.15. The van der Waals surface area contributed by atoms with Crippen LogP contribution in [0.1, 0.15) is 11.1 Å².